The number of ether oxygens (including phenoxy) is 1. The van der Waals surface area contributed by atoms with Gasteiger partial charge in [-0.3, -0.25) is 0 Å². The van der Waals surface area contributed by atoms with E-state index < -0.39 is 9.84 Å². The van der Waals surface area contributed by atoms with Gasteiger partial charge < -0.3 is 9.26 Å². The van der Waals surface area contributed by atoms with Crippen LogP contribution in [-0.4, -0.2) is 31.4 Å². The zero-order valence-corrected chi connectivity index (χ0v) is 11.8. The Hall–Kier alpha value is -1.73. The lowest BCUT2D eigenvalue weighted by molar-refractivity contribution is 0.0835. The van der Waals surface area contributed by atoms with E-state index in [-0.39, 0.29) is 11.0 Å². The van der Waals surface area contributed by atoms with Gasteiger partial charge in [0.2, 0.25) is 5.82 Å². The van der Waals surface area contributed by atoms with Gasteiger partial charge in [0.15, 0.2) is 9.84 Å². The van der Waals surface area contributed by atoms with E-state index in [1.807, 2.05) is 0 Å². The molecule has 7 heteroatoms. The quantitative estimate of drug-likeness (QED) is 0.861. The van der Waals surface area contributed by atoms with Crippen molar-refractivity contribution >= 4 is 9.84 Å². The van der Waals surface area contributed by atoms with E-state index in [2.05, 4.69) is 10.1 Å². The molecular formula is C13H14N2O4S. The second-order valence-electron chi connectivity index (χ2n) is 4.75. The van der Waals surface area contributed by atoms with Crippen molar-refractivity contribution in [1.82, 2.24) is 10.1 Å². The third kappa shape index (κ3) is 2.59. The molecule has 0 saturated carbocycles. The molecule has 1 aromatic heterocycles. The Bertz CT molecular complexity index is 700. The normalized spacial score (nSPS) is 19.4. The highest BCUT2D eigenvalue weighted by Crippen LogP contribution is 2.28. The van der Waals surface area contributed by atoms with Crippen molar-refractivity contribution in [3.8, 4) is 11.4 Å². The summed E-state index contributed by atoms with van der Waals surface area (Å²) in [4.78, 5) is 4.57. The van der Waals surface area contributed by atoms with Gasteiger partial charge in [0.25, 0.3) is 5.89 Å². The van der Waals surface area contributed by atoms with Crippen LogP contribution in [0.5, 0.6) is 0 Å². The van der Waals surface area contributed by atoms with Gasteiger partial charge in [-0.1, -0.05) is 5.16 Å². The number of rotatable bonds is 3. The van der Waals surface area contributed by atoms with Gasteiger partial charge in [0.05, 0.1) is 4.90 Å². The zero-order valence-electron chi connectivity index (χ0n) is 10.9. The summed E-state index contributed by atoms with van der Waals surface area (Å²) in [5.74, 6) is 0.917. The molecule has 1 aliphatic rings. The van der Waals surface area contributed by atoms with Gasteiger partial charge >= 0.3 is 0 Å². The largest absolute Gasteiger partial charge is 0.368 e. The lowest BCUT2D eigenvalue weighted by Gasteiger charge is -2.01. The molecule has 0 bridgehead atoms. The van der Waals surface area contributed by atoms with Crippen molar-refractivity contribution in [1.29, 1.82) is 0 Å². The standard InChI is InChI=1S/C13H14N2O4S/c1-20(16,17)10-6-4-9(5-7-10)12-14-13(19-15-12)11-3-2-8-18-11/h4-7,11H,2-3,8H2,1H3/t11-/m0/s1. The lowest BCUT2D eigenvalue weighted by atomic mass is 10.2. The van der Waals surface area contributed by atoms with Crippen molar-refractivity contribution in [2.75, 3.05) is 12.9 Å². The molecule has 0 radical (unpaired) electrons. The fourth-order valence-electron chi connectivity index (χ4n) is 2.11. The van der Waals surface area contributed by atoms with Gasteiger partial charge in [0.1, 0.15) is 6.10 Å². The molecular weight excluding hydrogens is 280 g/mol. The third-order valence-corrected chi connectivity index (χ3v) is 4.32. The Labute approximate surface area is 116 Å². The maximum Gasteiger partial charge on any atom is 0.256 e. The summed E-state index contributed by atoms with van der Waals surface area (Å²) in [7, 11) is -3.19. The highest BCUT2D eigenvalue weighted by Gasteiger charge is 2.24. The van der Waals surface area contributed by atoms with Crippen LogP contribution in [0.2, 0.25) is 0 Å². The molecule has 0 aliphatic carbocycles. The number of hydrogen-bond acceptors (Lipinski definition) is 6. The van der Waals surface area contributed by atoms with Gasteiger partial charge in [0, 0.05) is 18.4 Å². The SMILES string of the molecule is CS(=O)(=O)c1ccc(-c2noc([C@@H]3CCCO3)n2)cc1. The first-order valence-corrected chi connectivity index (χ1v) is 8.19. The monoisotopic (exact) mass is 294 g/mol. The van der Waals surface area contributed by atoms with Crippen LogP contribution >= 0.6 is 0 Å². The fourth-order valence-corrected chi connectivity index (χ4v) is 2.74. The molecule has 1 aliphatic heterocycles. The van der Waals surface area contributed by atoms with E-state index in [1.54, 1.807) is 12.1 Å². The maximum absolute atomic E-state index is 11.4. The van der Waals surface area contributed by atoms with Crippen LogP contribution in [0.3, 0.4) is 0 Å². The Balaban J connectivity index is 1.86. The average Bonchev–Trinajstić information content (AvgIpc) is 3.09. The molecule has 106 valence electrons. The van der Waals surface area contributed by atoms with E-state index in [0.29, 0.717) is 23.9 Å². The summed E-state index contributed by atoms with van der Waals surface area (Å²) in [6.45, 7) is 0.714. The summed E-state index contributed by atoms with van der Waals surface area (Å²) in [5, 5.41) is 3.91. The van der Waals surface area contributed by atoms with Gasteiger partial charge in [-0.25, -0.2) is 8.42 Å². The second kappa shape index (κ2) is 4.99. The van der Waals surface area contributed by atoms with E-state index in [1.165, 1.54) is 18.4 Å². The highest BCUT2D eigenvalue weighted by molar-refractivity contribution is 7.90. The Kier molecular flexibility index (Phi) is 3.31. The van der Waals surface area contributed by atoms with Gasteiger partial charge in [-0.2, -0.15) is 4.98 Å². The summed E-state index contributed by atoms with van der Waals surface area (Å²) < 4.78 is 33.5. The maximum atomic E-state index is 11.4. The van der Waals surface area contributed by atoms with Crippen molar-refractivity contribution < 1.29 is 17.7 Å². The number of sulfone groups is 1. The smallest absolute Gasteiger partial charge is 0.256 e. The minimum atomic E-state index is -3.19. The molecule has 1 aromatic carbocycles. The van der Waals surface area contributed by atoms with E-state index >= 15 is 0 Å². The molecule has 0 amide bonds. The minimum absolute atomic E-state index is 0.119. The minimum Gasteiger partial charge on any atom is -0.368 e. The molecule has 0 N–H and O–H groups in total. The number of aromatic nitrogens is 2. The van der Waals surface area contributed by atoms with Crippen molar-refractivity contribution in [3.63, 3.8) is 0 Å². The van der Waals surface area contributed by atoms with Crippen LogP contribution in [0.25, 0.3) is 11.4 Å². The van der Waals surface area contributed by atoms with Crippen LogP contribution < -0.4 is 0 Å². The van der Waals surface area contributed by atoms with Crippen LogP contribution in [0.4, 0.5) is 0 Å². The topological polar surface area (TPSA) is 82.3 Å². The van der Waals surface area contributed by atoms with Crippen LogP contribution in [0.15, 0.2) is 33.7 Å². The van der Waals surface area contributed by atoms with E-state index in [0.717, 1.165) is 12.8 Å². The Morgan fingerprint density at radius 2 is 2.00 bits per heavy atom. The second-order valence-corrected chi connectivity index (χ2v) is 6.77. The predicted molar refractivity (Wildman–Crippen MR) is 70.8 cm³/mol. The predicted octanol–water partition coefficient (Wildman–Crippen LogP) is 1.99. The van der Waals surface area contributed by atoms with Crippen LogP contribution in [0, 0.1) is 0 Å². The van der Waals surface area contributed by atoms with Crippen molar-refractivity contribution in [2.24, 2.45) is 0 Å². The summed E-state index contributed by atoms with van der Waals surface area (Å²) >= 11 is 0. The molecule has 2 heterocycles. The van der Waals surface area contributed by atoms with Crippen molar-refractivity contribution in [3.05, 3.63) is 30.2 Å². The number of nitrogens with zero attached hydrogens (tertiary/aromatic N) is 2. The zero-order chi connectivity index (χ0) is 14.2. The molecule has 20 heavy (non-hydrogen) atoms. The Morgan fingerprint density at radius 1 is 1.25 bits per heavy atom. The first kappa shape index (κ1) is 13.3. The van der Waals surface area contributed by atoms with E-state index in [4.69, 9.17) is 9.26 Å². The molecule has 1 saturated heterocycles. The molecule has 0 unspecified atom stereocenters. The van der Waals surface area contributed by atoms with Crippen LogP contribution in [0.1, 0.15) is 24.8 Å². The molecule has 2 aromatic rings. The fraction of sp³-hybridized carbons (Fsp3) is 0.385. The molecule has 0 spiro atoms. The number of hydrogen-bond donors (Lipinski definition) is 0. The highest BCUT2D eigenvalue weighted by atomic mass is 32.2. The molecule has 6 nitrogen and oxygen atoms in total. The summed E-state index contributed by atoms with van der Waals surface area (Å²) in [6, 6.07) is 6.40. The Morgan fingerprint density at radius 3 is 2.60 bits per heavy atom. The molecule has 3 rings (SSSR count). The van der Waals surface area contributed by atoms with Gasteiger partial charge in [-0.05, 0) is 37.1 Å². The summed E-state index contributed by atoms with van der Waals surface area (Å²) in [6.07, 6.45) is 2.93. The first-order chi connectivity index (χ1) is 9.54. The number of benzene rings is 1. The third-order valence-electron chi connectivity index (χ3n) is 3.19. The van der Waals surface area contributed by atoms with Crippen LogP contribution in [-0.2, 0) is 14.6 Å². The van der Waals surface area contributed by atoms with Gasteiger partial charge in [-0.15, -0.1) is 0 Å². The first-order valence-electron chi connectivity index (χ1n) is 6.30. The average molecular weight is 294 g/mol. The van der Waals surface area contributed by atoms with E-state index in [9.17, 15) is 8.42 Å². The molecule has 1 fully saturated rings. The lowest BCUT2D eigenvalue weighted by Crippen LogP contribution is -1.97. The molecule has 1 atom stereocenters. The summed E-state index contributed by atoms with van der Waals surface area (Å²) in [5.41, 5.74) is 0.713. The van der Waals surface area contributed by atoms with Crippen molar-refractivity contribution in [2.45, 2.75) is 23.8 Å².